The highest BCUT2D eigenvalue weighted by molar-refractivity contribution is 5.53. The van der Waals surface area contributed by atoms with Gasteiger partial charge in [-0.3, -0.25) is 0 Å². The van der Waals surface area contributed by atoms with Crippen LogP contribution in [0.2, 0.25) is 0 Å². The van der Waals surface area contributed by atoms with E-state index >= 15 is 0 Å². The van der Waals surface area contributed by atoms with Gasteiger partial charge in [0.25, 0.3) is 5.88 Å². The summed E-state index contributed by atoms with van der Waals surface area (Å²) in [5.74, 6) is 0.915. The molecule has 0 bridgehead atoms. The van der Waals surface area contributed by atoms with Gasteiger partial charge in [0.2, 0.25) is 5.88 Å². The predicted octanol–water partition coefficient (Wildman–Crippen LogP) is 0.535. The van der Waals surface area contributed by atoms with Gasteiger partial charge >= 0.3 is 0 Å². The summed E-state index contributed by atoms with van der Waals surface area (Å²) >= 11 is 0. The molecule has 0 aliphatic carbocycles. The molecule has 1 rings (SSSR count). The largest absolute Gasteiger partial charge is 0.480 e. The van der Waals surface area contributed by atoms with Crippen LogP contribution < -0.4 is 14.8 Å². The highest BCUT2D eigenvalue weighted by atomic mass is 16.5. The highest BCUT2D eigenvalue weighted by Gasteiger charge is 2.04. The van der Waals surface area contributed by atoms with Crippen LogP contribution >= 0.6 is 0 Å². The van der Waals surface area contributed by atoms with Crippen LogP contribution in [0.15, 0.2) is 6.07 Å². The molecule has 5 heteroatoms. The number of ether oxygens (including phenoxy) is 2. The van der Waals surface area contributed by atoms with Gasteiger partial charge in [-0.25, -0.2) is 0 Å². The smallest absolute Gasteiger partial charge is 0.257 e. The van der Waals surface area contributed by atoms with Crippen molar-refractivity contribution in [2.24, 2.45) is 0 Å². The van der Waals surface area contributed by atoms with E-state index in [0.29, 0.717) is 11.8 Å². The number of rotatable bonds is 3. The summed E-state index contributed by atoms with van der Waals surface area (Å²) in [5, 5.41) is 10.4. The minimum absolute atomic E-state index is 0.457. The average molecular weight is 169 g/mol. The van der Waals surface area contributed by atoms with Gasteiger partial charge in [-0.05, 0) is 0 Å². The molecule has 1 heterocycles. The first-order valence-corrected chi connectivity index (χ1v) is 3.45. The molecule has 0 saturated heterocycles. The summed E-state index contributed by atoms with van der Waals surface area (Å²) in [7, 11) is 4.85. The van der Waals surface area contributed by atoms with Crippen molar-refractivity contribution >= 4 is 5.69 Å². The molecular formula is C7H11N3O2. The fourth-order valence-corrected chi connectivity index (χ4v) is 0.792. The lowest BCUT2D eigenvalue weighted by Crippen LogP contribution is -1.99. The minimum atomic E-state index is 0.457. The molecule has 12 heavy (non-hydrogen) atoms. The first kappa shape index (κ1) is 8.58. The van der Waals surface area contributed by atoms with Gasteiger partial charge in [-0.15, -0.1) is 10.2 Å². The van der Waals surface area contributed by atoms with Gasteiger partial charge in [0.1, 0.15) is 5.69 Å². The zero-order valence-electron chi connectivity index (χ0n) is 7.29. The van der Waals surface area contributed by atoms with E-state index in [1.807, 2.05) is 0 Å². The van der Waals surface area contributed by atoms with E-state index < -0.39 is 0 Å². The maximum absolute atomic E-state index is 4.94. The molecule has 0 unspecified atom stereocenters. The molecule has 66 valence electrons. The molecule has 1 aromatic heterocycles. The van der Waals surface area contributed by atoms with E-state index in [1.54, 1.807) is 13.1 Å². The fraction of sp³-hybridized carbons (Fsp3) is 0.429. The molecule has 0 amide bonds. The topological polar surface area (TPSA) is 56.3 Å². The molecule has 0 radical (unpaired) electrons. The van der Waals surface area contributed by atoms with Crippen LogP contribution in [0.4, 0.5) is 5.69 Å². The fourth-order valence-electron chi connectivity index (χ4n) is 0.792. The van der Waals surface area contributed by atoms with E-state index in [1.165, 1.54) is 14.2 Å². The van der Waals surface area contributed by atoms with E-state index in [0.717, 1.165) is 5.69 Å². The highest BCUT2D eigenvalue weighted by Crippen LogP contribution is 2.22. The summed E-state index contributed by atoms with van der Waals surface area (Å²) in [4.78, 5) is 0. The number of aromatic nitrogens is 2. The molecular weight excluding hydrogens is 158 g/mol. The monoisotopic (exact) mass is 169 g/mol. The van der Waals surface area contributed by atoms with Crippen molar-refractivity contribution in [2.45, 2.75) is 0 Å². The lowest BCUT2D eigenvalue weighted by atomic mass is 10.4. The summed E-state index contributed by atoms with van der Waals surface area (Å²) < 4.78 is 9.83. The minimum Gasteiger partial charge on any atom is -0.480 e. The van der Waals surface area contributed by atoms with Crippen molar-refractivity contribution in [3.8, 4) is 11.8 Å². The third-order valence-corrected chi connectivity index (χ3v) is 1.41. The maximum atomic E-state index is 4.94. The van der Waals surface area contributed by atoms with E-state index in [-0.39, 0.29) is 0 Å². The second-order valence-electron chi connectivity index (χ2n) is 2.06. The van der Waals surface area contributed by atoms with Gasteiger partial charge in [-0.2, -0.15) is 0 Å². The van der Waals surface area contributed by atoms with Gasteiger partial charge < -0.3 is 14.8 Å². The summed E-state index contributed by atoms with van der Waals surface area (Å²) in [6, 6.07) is 1.71. The SMILES string of the molecule is CNc1cc(OC)nnc1OC. The van der Waals surface area contributed by atoms with Crippen LogP contribution in [-0.4, -0.2) is 31.5 Å². The lowest BCUT2D eigenvalue weighted by Gasteiger charge is -2.06. The van der Waals surface area contributed by atoms with Crippen LogP contribution in [0.5, 0.6) is 11.8 Å². The Kier molecular flexibility index (Phi) is 2.68. The Morgan fingerprint density at radius 1 is 1.25 bits per heavy atom. The summed E-state index contributed by atoms with van der Waals surface area (Å²) in [6.07, 6.45) is 0. The lowest BCUT2D eigenvalue weighted by molar-refractivity contribution is 0.369. The molecule has 0 saturated carbocycles. The molecule has 0 fully saturated rings. The van der Waals surface area contributed by atoms with Crippen LogP contribution in [0.3, 0.4) is 0 Å². The zero-order chi connectivity index (χ0) is 8.97. The van der Waals surface area contributed by atoms with Crippen molar-refractivity contribution in [3.05, 3.63) is 6.07 Å². The first-order valence-electron chi connectivity index (χ1n) is 3.45. The van der Waals surface area contributed by atoms with Crippen LogP contribution in [0.1, 0.15) is 0 Å². The van der Waals surface area contributed by atoms with Gasteiger partial charge in [-0.1, -0.05) is 0 Å². The van der Waals surface area contributed by atoms with Gasteiger partial charge in [0.15, 0.2) is 0 Å². The van der Waals surface area contributed by atoms with Crippen molar-refractivity contribution in [1.82, 2.24) is 10.2 Å². The number of hydrogen-bond acceptors (Lipinski definition) is 5. The predicted molar refractivity (Wildman–Crippen MR) is 44.7 cm³/mol. The van der Waals surface area contributed by atoms with Crippen LogP contribution in [-0.2, 0) is 0 Å². The zero-order valence-corrected chi connectivity index (χ0v) is 7.29. The molecule has 0 atom stereocenters. The average Bonchev–Trinajstić information content (AvgIpc) is 2.16. The second-order valence-corrected chi connectivity index (χ2v) is 2.06. The summed E-state index contributed by atoms with van der Waals surface area (Å²) in [6.45, 7) is 0. The van der Waals surface area contributed by atoms with E-state index in [9.17, 15) is 0 Å². The quantitative estimate of drug-likeness (QED) is 0.715. The third kappa shape index (κ3) is 1.55. The number of hydrogen-bond donors (Lipinski definition) is 1. The van der Waals surface area contributed by atoms with Crippen molar-refractivity contribution in [2.75, 3.05) is 26.6 Å². The number of methoxy groups -OCH3 is 2. The number of nitrogens with one attached hydrogen (secondary N) is 1. The van der Waals surface area contributed by atoms with E-state index in [4.69, 9.17) is 9.47 Å². The Morgan fingerprint density at radius 2 is 2.00 bits per heavy atom. The van der Waals surface area contributed by atoms with Crippen molar-refractivity contribution in [3.63, 3.8) is 0 Å². The molecule has 0 aliphatic rings. The van der Waals surface area contributed by atoms with Crippen molar-refractivity contribution in [1.29, 1.82) is 0 Å². The first-order chi connectivity index (χ1) is 5.81. The summed E-state index contributed by atoms with van der Waals surface area (Å²) in [5.41, 5.74) is 0.754. The Balaban J connectivity index is 3.02. The molecule has 0 spiro atoms. The second kappa shape index (κ2) is 3.75. The Hall–Kier alpha value is -1.52. The van der Waals surface area contributed by atoms with Crippen LogP contribution in [0, 0.1) is 0 Å². The molecule has 0 aliphatic heterocycles. The molecule has 5 nitrogen and oxygen atoms in total. The normalized spacial score (nSPS) is 9.25. The Bertz CT molecular complexity index is 265. The molecule has 0 aromatic carbocycles. The Morgan fingerprint density at radius 3 is 2.50 bits per heavy atom. The van der Waals surface area contributed by atoms with Crippen molar-refractivity contribution < 1.29 is 9.47 Å². The number of nitrogens with zero attached hydrogens (tertiary/aromatic N) is 2. The maximum Gasteiger partial charge on any atom is 0.257 e. The van der Waals surface area contributed by atoms with Gasteiger partial charge in [0.05, 0.1) is 14.2 Å². The standard InChI is InChI=1S/C7H11N3O2/c1-8-5-4-6(11-2)9-10-7(5)12-3/h4H,1-3H3,(H,8,9). The van der Waals surface area contributed by atoms with Crippen LogP contribution in [0.25, 0.3) is 0 Å². The number of anilines is 1. The van der Waals surface area contributed by atoms with Gasteiger partial charge in [0, 0.05) is 13.1 Å². The molecule has 1 N–H and O–H groups in total. The third-order valence-electron chi connectivity index (χ3n) is 1.41. The molecule has 1 aromatic rings. The van der Waals surface area contributed by atoms with E-state index in [2.05, 4.69) is 15.5 Å². The Labute approximate surface area is 70.7 Å².